The van der Waals surface area contributed by atoms with Crippen molar-refractivity contribution < 1.29 is 0 Å². The summed E-state index contributed by atoms with van der Waals surface area (Å²) in [6, 6.07) is 16.3. The molecule has 0 saturated carbocycles. The summed E-state index contributed by atoms with van der Waals surface area (Å²) < 4.78 is 0. The second kappa shape index (κ2) is 8.31. The highest BCUT2D eigenvalue weighted by molar-refractivity contribution is 6.39. The molecule has 2 aromatic carbocycles. The van der Waals surface area contributed by atoms with E-state index in [2.05, 4.69) is 36.5 Å². The fraction of sp³-hybridized carbons (Fsp3) is 0.333. The molecule has 0 aliphatic rings. The van der Waals surface area contributed by atoms with Crippen molar-refractivity contribution in [2.45, 2.75) is 38.6 Å². The molecular formula is C18H21Cl2N. The summed E-state index contributed by atoms with van der Waals surface area (Å²) in [5.74, 6) is 0. The van der Waals surface area contributed by atoms with E-state index in [4.69, 9.17) is 23.2 Å². The first-order chi connectivity index (χ1) is 10.2. The Balaban J connectivity index is 2.19. The summed E-state index contributed by atoms with van der Waals surface area (Å²) in [6.07, 6.45) is 4.71. The van der Waals surface area contributed by atoms with Gasteiger partial charge in [-0.25, -0.2) is 0 Å². The van der Waals surface area contributed by atoms with E-state index in [1.54, 1.807) is 0 Å². The second-order valence-electron chi connectivity index (χ2n) is 5.20. The Morgan fingerprint density at radius 1 is 0.905 bits per heavy atom. The van der Waals surface area contributed by atoms with Gasteiger partial charge in [0.15, 0.2) is 0 Å². The monoisotopic (exact) mass is 321 g/mol. The van der Waals surface area contributed by atoms with Crippen molar-refractivity contribution in [3.8, 4) is 0 Å². The molecule has 112 valence electrons. The molecule has 0 aliphatic carbocycles. The standard InChI is InChI=1S/C18H21Cl2N/c1-2-3-5-13-17(14-9-6-4-7-10-14)21-18-15(19)11-8-12-16(18)20/h4,6-12,17,21H,2-3,5,13H2,1H3. The molecule has 2 rings (SSSR count). The number of para-hydroxylation sites is 1. The molecule has 1 atom stereocenters. The Labute approximate surface area is 137 Å². The Kier molecular flexibility index (Phi) is 6.41. The van der Waals surface area contributed by atoms with Crippen molar-refractivity contribution in [3.63, 3.8) is 0 Å². The fourth-order valence-electron chi connectivity index (χ4n) is 2.42. The molecule has 1 nitrogen and oxygen atoms in total. The maximum Gasteiger partial charge on any atom is 0.0723 e. The van der Waals surface area contributed by atoms with Gasteiger partial charge in [0.25, 0.3) is 0 Å². The molecule has 3 heteroatoms. The van der Waals surface area contributed by atoms with Gasteiger partial charge in [0.2, 0.25) is 0 Å². The van der Waals surface area contributed by atoms with E-state index in [0.29, 0.717) is 10.0 Å². The molecule has 0 aromatic heterocycles. The highest BCUT2D eigenvalue weighted by Gasteiger charge is 2.14. The largest absolute Gasteiger partial charge is 0.376 e. The van der Waals surface area contributed by atoms with Crippen LogP contribution in [0, 0.1) is 0 Å². The van der Waals surface area contributed by atoms with E-state index in [9.17, 15) is 0 Å². The van der Waals surface area contributed by atoms with Gasteiger partial charge in [0, 0.05) is 0 Å². The quantitative estimate of drug-likeness (QED) is 0.557. The predicted molar refractivity (Wildman–Crippen MR) is 93.4 cm³/mol. The molecule has 0 bridgehead atoms. The minimum absolute atomic E-state index is 0.232. The molecule has 0 saturated heterocycles. The molecule has 0 heterocycles. The molecular weight excluding hydrogens is 301 g/mol. The smallest absolute Gasteiger partial charge is 0.0723 e. The van der Waals surface area contributed by atoms with Gasteiger partial charge in [-0.1, -0.05) is 85.8 Å². The average molecular weight is 322 g/mol. The Morgan fingerprint density at radius 3 is 2.19 bits per heavy atom. The number of unbranched alkanes of at least 4 members (excludes halogenated alkanes) is 2. The van der Waals surface area contributed by atoms with Gasteiger partial charge < -0.3 is 5.32 Å². The van der Waals surface area contributed by atoms with Crippen LogP contribution in [0.2, 0.25) is 10.0 Å². The van der Waals surface area contributed by atoms with Gasteiger partial charge >= 0.3 is 0 Å². The highest BCUT2D eigenvalue weighted by atomic mass is 35.5. The van der Waals surface area contributed by atoms with E-state index >= 15 is 0 Å². The molecule has 2 aromatic rings. The third-order valence-corrected chi connectivity index (χ3v) is 4.21. The number of benzene rings is 2. The van der Waals surface area contributed by atoms with Crippen LogP contribution >= 0.6 is 23.2 Å². The minimum Gasteiger partial charge on any atom is -0.376 e. The molecule has 1 unspecified atom stereocenters. The van der Waals surface area contributed by atoms with Crippen LogP contribution in [-0.2, 0) is 0 Å². The lowest BCUT2D eigenvalue weighted by Gasteiger charge is -2.22. The van der Waals surface area contributed by atoms with Crippen LogP contribution in [0.15, 0.2) is 48.5 Å². The van der Waals surface area contributed by atoms with Crippen molar-refractivity contribution >= 4 is 28.9 Å². The number of nitrogens with one attached hydrogen (secondary N) is 1. The zero-order valence-corrected chi connectivity index (χ0v) is 13.8. The first kappa shape index (κ1) is 16.2. The molecule has 0 radical (unpaired) electrons. The average Bonchev–Trinajstić information content (AvgIpc) is 2.50. The Bertz CT molecular complexity index is 534. The third-order valence-electron chi connectivity index (χ3n) is 3.58. The molecule has 0 fully saturated rings. The van der Waals surface area contributed by atoms with Crippen molar-refractivity contribution in [2.75, 3.05) is 5.32 Å². The van der Waals surface area contributed by atoms with Gasteiger partial charge in [0.05, 0.1) is 21.8 Å². The lowest BCUT2D eigenvalue weighted by atomic mass is 10.00. The first-order valence-electron chi connectivity index (χ1n) is 7.48. The van der Waals surface area contributed by atoms with Gasteiger partial charge in [-0.15, -0.1) is 0 Å². The highest BCUT2D eigenvalue weighted by Crippen LogP contribution is 2.34. The Hall–Kier alpha value is -1.18. The van der Waals surface area contributed by atoms with Crippen molar-refractivity contribution in [1.82, 2.24) is 0 Å². The fourth-order valence-corrected chi connectivity index (χ4v) is 2.92. The minimum atomic E-state index is 0.232. The number of hydrogen-bond acceptors (Lipinski definition) is 1. The van der Waals surface area contributed by atoms with Gasteiger partial charge in [-0.3, -0.25) is 0 Å². The summed E-state index contributed by atoms with van der Waals surface area (Å²) in [6.45, 7) is 2.22. The molecule has 0 spiro atoms. The number of halogens is 2. The molecule has 21 heavy (non-hydrogen) atoms. The van der Waals surface area contributed by atoms with E-state index in [-0.39, 0.29) is 6.04 Å². The van der Waals surface area contributed by atoms with Gasteiger partial charge in [-0.2, -0.15) is 0 Å². The molecule has 0 aliphatic heterocycles. The van der Waals surface area contributed by atoms with E-state index in [1.165, 1.54) is 24.8 Å². The predicted octanol–water partition coefficient (Wildman–Crippen LogP) is 6.73. The summed E-state index contributed by atoms with van der Waals surface area (Å²) in [7, 11) is 0. The van der Waals surface area contributed by atoms with Crippen LogP contribution in [0.1, 0.15) is 44.2 Å². The van der Waals surface area contributed by atoms with Crippen LogP contribution in [0.25, 0.3) is 0 Å². The van der Waals surface area contributed by atoms with Crippen LogP contribution < -0.4 is 5.32 Å². The van der Waals surface area contributed by atoms with E-state index in [1.807, 2.05) is 24.3 Å². The van der Waals surface area contributed by atoms with Crippen LogP contribution in [-0.4, -0.2) is 0 Å². The number of anilines is 1. The van der Waals surface area contributed by atoms with Gasteiger partial charge in [-0.05, 0) is 24.1 Å². The topological polar surface area (TPSA) is 12.0 Å². The molecule has 0 amide bonds. The maximum absolute atomic E-state index is 6.28. The first-order valence-corrected chi connectivity index (χ1v) is 8.23. The van der Waals surface area contributed by atoms with Crippen molar-refractivity contribution in [2.24, 2.45) is 0 Å². The molecule has 1 N–H and O–H groups in total. The summed E-state index contributed by atoms with van der Waals surface area (Å²) in [5.41, 5.74) is 2.09. The number of hydrogen-bond donors (Lipinski definition) is 1. The van der Waals surface area contributed by atoms with Gasteiger partial charge in [0.1, 0.15) is 0 Å². The normalized spacial score (nSPS) is 12.1. The van der Waals surface area contributed by atoms with E-state index < -0.39 is 0 Å². The lowest BCUT2D eigenvalue weighted by Crippen LogP contribution is -2.11. The second-order valence-corrected chi connectivity index (χ2v) is 6.01. The summed E-state index contributed by atoms with van der Waals surface area (Å²) in [5, 5.41) is 4.86. The van der Waals surface area contributed by atoms with Crippen molar-refractivity contribution in [1.29, 1.82) is 0 Å². The van der Waals surface area contributed by atoms with Crippen LogP contribution in [0.4, 0.5) is 5.69 Å². The SMILES string of the molecule is CCCCCC(Nc1c(Cl)cccc1Cl)c1ccccc1. The third kappa shape index (κ3) is 4.66. The van der Waals surface area contributed by atoms with E-state index in [0.717, 1.165) is 12.1 Å². The maximum atomic E-state index is 6.28. The zero-order chi connectivity index (χ0) is 15.1. The summed E-state index contributed by atoms with van der Waals surface area (Å²) >= 11 is 12.6. The number of rotatable bonds is 7. The zero-order valence-electron chi connectivity index (χ0n) is 12.3. The van der Waals surface area contributed by atoms with Crippen LogP contribution in [0.5, 0.6) is 0 Å². The van der Waals surface area contributed by atoms with Crippen LogP contribution in [0.3, 0.4) is 0 Å². The lowest BCUT2D eigenvalue weighted by molar-refractivity contribution is 0.606. The Morgan fingerprint density at radius 2 is 1.57 bits per heavy atom. The van der Waals surface area contributed by atoms with Crippen molar-refractivity contribution in [3.05, 3.63) is 64.1 Å². The summed E-state index contributed by atoms with van der Waals surface area (Å²) in [4.78, 5) is 0.